The molecule has 0 spiro atoms. The maximum Gasteiger partial charge on any atom is 0.322 e. The number of hydrogen-bond acceptors (Lipinski definition) is 8. The molecule has 0 aromatic heterocycles. The number of carboxylic acid groups (broad SMARTS) is 2. The predicted molar refractivity (Wildman–Crippen MR) is 74.8 cm³/mol. The van der Waals surface area contributed by atoms with Gasteiger partial charge in [-0.3, -0.25) is 19.2 Å². The third kappa shape index (κ3) is 9.12. The Morgan fingerprint density at radius 2 is 1.82 bits per heavy atom. The number of nitrogens with two attached hydrogens (primary N) is 1. The SMILES string of the molecule is NC(CCC(=O)NC(CSNO)C(=O)NCC(=O)O)C(=O)O. The number of hydrogen-bond donors (Lipinski definition) is 7. The number of aliphatic carboxylic acids is 2. The van der Waals surface area contributed by atoms with Crippen LogP contribution >= 0.6 is 11.9 Å². The summed E-state index contributed by atoms with van der Waals surface area (Å²) < 4.78 is 0. The van der Waals surface area contributed by atoms with Gasteiger partial charge in [0.15, 0.2) is 0 Å². The summed E-state index contributed by atoms with van der Waals surface area (Å²) in [5.74, 6) is -3.94. The highest BCUT2D eigenvalue weighted by Crippen LogP contribution is 2.00. The van der Waals surface area contributed by atoms with Gasteiger partial charge in [0.2, 0.25) is 11.8 Å². The van der Waals surface area contributed by atoms with Crippen LogP contribution in [0.5, 0.6) is 0 Å². The summed E-state index contributed by atoms with van der Waals surface area (Å²) in [6.45, 7) is -0.619. The molecule has 0 heterocycles. The lowest BCUT2D eigenvalue weighted by atomic mass is 10.1. The molecular weight excluding hydrogens is 320 g/mol. The molecule has 12 heteroatoms. The molecule has 0 saturated carbocycles. The summed E-state index contributed by atoms with van der Waals surface area (Å²) in [5.41, 5.74) is 5.25. The first-order chi connectivity index (χ1) is 10.3. The molecule has 11 nitrogen and oxygen atoms in total. The molecule has 0 bridgehead atoms. The Balaban J connectivity index is 4.43. The van der Waals surface area contributed by atoms with E-state index in [2.05, 4.69) is 10.6 Å². The lowest BCUT2D eigenvalue weighted by Crippen LogP contribution is -2.49. The fraction of sp³-hybridized carbons (Fsp3) is 0.600. The summed E-state index contributed by atoms with van der Waals surface area (Å²) in [6, 6.07) is -2.30. The van der Waals surface area contributed by atoms with Crippen LogP contribution in [0.25, 0.3) is 0 Å². The molecule has 0 rings (SSSR count). The number of carboxylic acids is 2. The standard InChI is InChI=1S/C10H18N4O7S/c11-5(10(19)20)1-2-7(15)13-6(4-22-14-21)9(18)12-3-8(16)17/h5-6,14,21H,1-4,11H2,(H,12,18)(H,13,15)(H,16,17)(H,19,20). The van der Waals surface area contributed by atoms with Crippen LogP contribution in [-0.4, -0.2) is 63.6 Å². The summed E-state index contributed by atoms with van der Waals surface area (Å²) in [4.78, 5) is 46.0. The number of nitrogens with one attached hydrogen (secondary N) is 3. The average molecular weight is 338 g/mol. The van der Waals surface area contributed by atoms with Gasteiger partial charge in [-0.15, -0.1) is 4.89 Å². The lowest BCUT2D eigenvalue weighted by molar-refractivity contribution is -0.139. The molecule has 0 radical (unpaired) electrons. The Labute approximate surface area is 129 Å². The zero-order chi connectivity index (χ0) is 17.1. The van der Waals surface area contributed by atoms with E-state index in [0.29, 0.717) is 11.9 Å². The van der Waals surface area contributed by atoms with E-state index in [1.165, 1.54) is 0 Å². The predicted octanol–water partition coefficient (Wildman–Crippen LogP) is -2.51. The van der Waals surface area contributed by atoms with Crippen molar-refractivity contribution in [2.75, 3.05) is 12.3 Å². The Kier molecular flexibility index (Phi) is 9.86. The summed E-state index contributed by atoms with van der Waals surface area (Å²) in [7, 11) is 0. The van der Waals surface area contributed by atoms with Gasteiger partial charge in [-0.25, -0.2) is 0 Å². The van der Waals surface area contributed by atoms with Gasteiger partial charge in [0.05, 0.1) is 0 Å². The lowest BCUT2D eigenvalue weighted by Gasteiger charge is -2.17. The minimum atomic E-state index is -1.25. The summed E-state index contributed by atoms with van der Waals surface area (Å²) in [5, 5.41) is 29.9. The van der Waals surface area contributed by atoms with Crippen molar-refractivity contribution in [2.45, 2.75) is 24.9 Å². The molecule has 126 valence electrons. The van der Waals surface area contributed by atoms with Crippen molar-refractivity contribution < 1.29 is 34.6 Å². The van der Waals surface area contributed by atoms with Crippen molar-refractivity contribution in [3.63, 3.8) is 0 Å². The minimum absolute atomic E-state index is 0.0708. The monoisotopic (exact) mass is 338 g/mol. The Morgan fingerprint density at radius 3 is 2.32 bits per heavy atom. The second-order valence-electron chi connectivity index (χ2n) is 4.12. The van der Waals surface area contributed by atoms with E-state index in [1.807, 2.05) is 0 Å². The normalized spacial score (nSPS) is 13.0. The van der Waals surface area contributed by atoms with Crippen molar-refractivity contribution in [3.8, 4) is 0 Å². The van der Waals surface area contributed by atoms with Crippen LogP contribution in [0, 0.1) is 0 Å². The molecule has 8 N–H and O–H groups in total. The second-order valence-corrected chi connectivity index (χ2v) is 4.92. The van der Waals surface area contributed by atoms with Crippen LogP contribution in [0.2, 0.25) is 0 Å². The Morgan fingerprint density at radius 1 is 1.18 bits per heavy atom. The smallest absolute Gasteiger partial charge is 0.322 e. The molecule has 0 aliphatic rings. The van der Waals surface area contributed by atoms with Crippen molar-refractivity contribution in [1.82, 2.24) is 15.5 Å². The zero-order valence-corrected chi connectivity index (χ0v) is 12.3. The van der Waals surface area contributed by atoms with Gasteiger partial charge in [0, 0.05) is 12.2 Å². The first kappa shape index (κ1) is 20.1. The van der Waals surface area contributed by atoms with Crippen molar-refractivity contribution in [3.05, 3.63) is 0 Å². The second kappa shape index (κ2) is 10.8. The highest BCUT2D eigenvalue weighted by Gasteiger charge is 2.22. The van der Waals surface area contributed by atoms with Crippen LogP contribution in [-0.2, 0) is 19.2 Å². The van der Waals surface area contributed by atoms with Crippen LogP contribution < -0.4 is 21.3 Å². The molecule has 2 amide bonds. The maximum absolute atomic E-state index is 11.7. The molecule has 22 heavy (non-hydrogen) atoms. The first-order valence-corrected chi connectivity index (χ1v) is 7.04. The number of amides is 2. The van der Waals surface area contributed by atoms with Gasteiger partial charge >= 0.3 is 11.9 Å². The van der Waals surface area contributed by atoms with Gasteiger partial charge in [0.1, 0.15) is 18.6 Å². The fourth-order valence-electron chi connectivity index (χ4n) is 1.27. The van der Waals surface area contributed by atoms with Gasteiger partial charge in [-0.1, -0.05) is 11.9 Å². The molecule has 0 aliphatic heterocycles. The summed E-state index contributed by atoms with van der Waals surface area (Å²) in [6.07, 6.45) is -0.330. The van der Waals surface area contributed by atoms with Crippen molar-refractivity contribution in [2.24, 2.45) is 5.73 Å². The van der Waals surface area contributed by atoms with E-state index < -0.39 is 42.4 Å². The highest BCUT2D eigenvalue weighted by molar-refractivity contribution is 7.97. The highest BCUT2D eigenvalue weighted by atomic mass is 32.2. The Bertz CT molecular complexity index is 420. The number of rotatable bonds is 11. The fourth-order valence-corrected chi connectivity index (χ4v) is 1.74. The minimum Gasteiger partial charge on any atom is -0.480 e. The van der Waals surface area contributed by atoms with E-state index in [9.17, 15) is 19.2 Å². The van der Waals surface area contributed by atoms with Crippen LogP contribution in [0.4, 0.5) is 0 Å². The van der Waals surface area contributed by atoms with E-state index in [4.69, 9.17) is 21.2 Å². The van der Waals surface area contributed by atoms with Gasteiger partial charge in [-0.05, 0) is 6.42 Å². The molecule has 2 atom stereocenters. The third-order valence-corrected chi connectivity index (χ3v) is 3.01. The number of carbonyl (C=O) groups is 4. The molecule has 0 saturated heterocycles. The molecular formula is C10H18N4O7S. The van der Waals surface area contributed by atoms with Crippen LogP contribution in [0.1, 0.15) is 12.8 Å². The summed E-state index contributed by atoms with van der Waals surface area (Å²) >= 11 is 0.714. The molecule has 2 unspecified atom stereocenters. The zero-order valence-electron chi connectivity index (χ0n) is 11.4. The van der Waals surface area contributed by atoms with E-state index >= 15 is 0 Å². The molecule has 0 aliphatic carbocycles. The first-order valence-electron chi connectivity index (χ1n) is 6.06. The third-order valence-electron chi connectivity index (χ3n) is 2.38. The molecule has 0 fully saturated rings. The van der Waals surface area contributed by atoms with E-state index in [1.54, 1.807) is 4.89 Å². The van der Waals surface area contributed by atoms with Crippen molar-refractivity contribution in [1.29, 1.82) is 0 Å². The molecule has 0 aromatic carbocycles. The largest absolute Gasteiger partial charge is 0.480 e. The molecule has 0 aromatic rings. The Hall–Kier alpha value is -1.89. The van der Waals surface area contributed by atoms with Crippen molar-refractivity contribution >= 4 is 35.7 Å². The average Bonchev–Trinajstić information content (AvgIpc) is 2.46. The number of carbonyl (C=O) groups excluding carboxylic acids is 2. The topological polar surface area (TPSA) is 191 Å². The van der Waals surface area contributed by atoms with Gasteiger partial charge in [-0.2, -0.15) is 0 Å². The van der Waals surface area contributed by atoms with Crippen LogP contribution in [0.3, 0.4) is 0 Å². The van der Waals surface area contributed by atoms with E-state index in [-0.39, 0.29) is 18.6 Å². The van der Waals surface area contributed by atoms with E-state index in [0.717, 1.165) is 0 Å². The van der Waals surface area contributed by atoms with Gasteiger partial charge in [0.25, 0.3) is 0 Å². The van der Waals surface area contributed by atoms with Crippen LogP contribution in [0.15, 0.2) is 0 Å². The van der Waals surface area contributed by atoms with Gasteiger partial charge < -0.3 is 31.8 Å². The quantitative estimate of drug-likeness (QED) is 0.156. The maximum atomic E-state index is 11.7.